The Morgan fingerprint density at radius 2 is 0.733 bits per heavy atom. The van der Waals surface area contributed by atoms with Gasteiger partial charge < -0.3 is 4.90 Å². The van der Waals surface area contributed by atoms with Gasteiger partial charge in [-0.1, -0.05) is 182 Å². The highest BCUT2D eigenvalue weighted by Crippen LogP contribution is 2.42. The fourth-order valence-electron chi connectivity index (χ4n) is 8.69. The van der Waals surface area contributed by atoms with Crippen molar-refractivity contribution in [1.29, 1.82) is 0 Å². The van der Waals surface area contributed by atoms with Gasteiger partial charge in [0, 0.05) is 37.2 Å². The second-order valence-corrected chi connectivity index (χ2v) is 16.4. The molecule has 0 bridgehead atoms. The van der Waals surface area contributed by atoms with Gasteiger partial charge in [-0.25, -0.2) is 0 Å². The Balaban J connectivity index is 0.975. The summed E-state index contributed by atoms with van der Waals surface area (Å²) in [6, 6.07) is 86.0. The van der Waals surface area contributed by atoms with Crippen LogP contribution >= 0.6 is 11.3 Å². The fraction of sp³-hybridized carbons (Fsp3) is 0. The van der Waals surface area contributed by atoms with Crippen molar-refractivity contribution in [2.75, 3.05) is 4.90 Å². The molecule has 0 N–H and O–H groups in total. The van der Waals surface area contributed by atoms with E-state index in [-0.39, 0.29) is 0 Å². The molecule has 0 aliphatic rings. The van der Waals surface area contributed by atoms with Crippen LogP contribution in [-0.2, 0) is 0 Å². The number of hydrogen-bond acceptors (Lipinski definition) is 2. The van der Waals surface area contributed by atoms with Crippen LogP contribution in [0.3, 0.4) is 0 Å². The van der Waals surface area contributed by atoms with Crippen LogP contribution in [0.4, 0.5) is 17.1 Å². The second kappa shape index (κ2) is 15.3. The molecule has 0 aliphatic heterocycles. The summed E-state index contributed by atoms with van der Waals surface area (Å²) < 4.78 is 2.66. The average molecular weight is 782 g/mol. The maximum atomic E-state index is 2.38. The maximum absolute atomic E-state index is 2.38. The Hall–Kier alpha value is -7.52. The summed E-state index contributed by atoms with van der Waals surface area (Å²) in [5, 5.41) is 5.14. The lowest BCUT2D eigenvalue weighted by Gasteiger charge is -2.26. The third-order valence-corrected chi connectivity index (χ3v) is 12.9. The molecule has 11 aromatic rings. The topological polar surface area (TPSA) is 3.24 Å². The highest BCUT2D eigenvalue weighted by Gasteiger charge is 2.16. The summed E-state index contributed by atoms with van der Waals surface area (Å²) in [6.07, 6.45) is 0. The number of thiophene rings is 1. The first kappa shape index (κ1) is 35.6. The smallest absolute Gasteiger partial charge is 0.0467 e. The van der Waals surface area contributed by atoms with Crippen LogP contribution in [0, 0.1) is 0 Å². The molecule has 0 radical (unpaired) electrons. The Morgan fingerprint density at radius 3 is 1.45 bits per heavy atom. The highest BCUT2D eigenvalue weighted by atomic mass is 32.1. The van der Waals surface area contributed by atoms with Crippen LogP contribution < -0.4 is 4.90 Å². The first-order chi connectivity index (χ1) is 29.7. The van der Waals surface area contributed by atoms with E-state index in [1.165, 1.54) is 86.6 Å². The summed E-state index contributed by atoms with van der Waals surface area (Å²) in [7, 11) is 0. The minimum absolute atomic E-state index is 1.10. The quantitative estimate of drug-likeness (QED) is 0.148. The maximum Gasteiger partial charge on any atom is 0.0467 e. The Morgan fingerprint density at radius 1 is 0.267 bits per heavy atom. The normalized spacial score (nSPS) is 11.3. The van der Waals surface area contributed by atoms with Gasteiger partial charge in [0.25, 0.3) is 0 Å². The molecule has 0 amide bonds. The number of rotatable bonds is 8. The van der Waals surface area contributed by atoms with E-state index in [4.69, 9.17) is 0 Å². The summed E-state index contributed by atoms with van der Waals surface area (Å²) in [6.45, 7) is 0. The SMILES string of the molecule is c1ccc(-c2cccc(-c3ccc(N(c4ccc(-c5cccc(-c6cccc7c6sc6ccccc67)c5)cc4)c4cccc(-c5cccc6ccccc56)c4)cc3)c2)cc1. The zero-order chi connectivity index (χ0) is 39.8. The molecular weight excluding hydrogens is 743 g/mol. The minimum Gasteiger partial charge on any atom is -0.310 e. The van der Waals surface area contributed by atoms with Gasteiger partial charge in [-0.15, -0.1) is 11.3 Å². The molecule has 60 heavy (non-hydrogen) atoms. The van der Waals surface area contributed by atoms with Crippen LogP contribution in [0.5, 0.6) is 0 Å². The van der Waals surface area contributed by atoms with E-state index >= 15 is 0 Å². The number of fused-ring (bicyclic) bond motifs is 4. The molecule has 282 valence electrons. The van der Waals surface area contributed by atoms with E-state index in [1.54, 1.807) is 0 Å². The zero-order valence-corrected chi connectivity index (χ0v) is 33.7. The Kier molecular flexibility index (Phi) is 9.11. The minimum atomic E-state index is 1.10. The van der Waals surface area contributed by atoms with Gasteiger partial charge in [-0.05, 0) is 121 Å². The molecule has 0 atom stereocenters. The predicted molar refractivity (Wildman–Crippen MR) is 259 cm³/mol. The van der Waals surface area contributed by atoms with Crippen molar-refractivity contribution < 1.29 is 0 Å². The summed E-state index contributed by atoms with van der Waals surface area (Å²) in [4.78, 5) is 2.38. The molecule has 0 aliphatic carbocycles. The predicted octanol–water partition coefficient (Wildman–Crippen LogP) is 17.0. The van der Waals surface area contributed by atoms with Gasteiger partial charge in [0.2, 0.25) is 0 Å². The van der Waals surface area contributed by atoms with E-state index in [0.29, 0.717) is 0 Å². The lowest BCUT2D eigenvalue weighted by Crippen LogP contribution is -2.10. The van der Waals surface area contributed by atoms with Gasteiger partial charge in [-0.3, -0.25) is 0 Å². The van der Waals surface area contributed by atoms with E-state index in [2.05, 4.69) is 241 Å². The molecule has 0 spiro atoms. The Labute approximate surface area is 354 Å². The largest absolute Gasteiger partial charge is 0.310 e. The van der Waals surface area contributed by atoms with E-state index in [9.17, 15) is 0 Å². The third-order valence-electron chi connectivity index (χ3n) is 11.7. The third kappa shape index (κ3) is 6.63. The summed E-state index contributed by atoms with van der Waals surface area (Å²) >= 11 is 1.88. The van der Waals surface area contributed by atoms with Crippen LogP contribution in [0.25, 0.3) is 86.6 Å². The summed E-state index contributed by atoms with van der Waals surface area (Å²) in [5.74, 6) is 0. The average Bonchev–Trinajstić information content (AvgIpc) is 3.72. The first-order valence-corrected chi connectivity index (χ1v) is 21.3. The van der Waals surface area contributed by atoms with E-state index < -0.39 is 0 Å². The van der Waals surface area contributed by atoms with Gasteiger partial charge in [0.1, 0.15) is 0 Å². The second-order valence-electron chi connectivity index (χ2n) is 15.3. The van der Waals surface area contributed by atoms with Crippen molar-refractivity contribution >= 4 is 59.3 Å². The molecule has 0 unspecified atom stereocenters. The number of benzene rings is 10. The molecular formula is C58H39NS. The standard InChI is InChI=1S/C58H39NS/c1-2-13-40(14-3-1)44-17-8-18-45(37-44)41-29-33-49(34-30-41)59(51-22-10-21-48(39-51)53-25-11-16-43-15-4-5-23-52(43)53)50-35-31-42(32-36-50)46-19-9-20-47(38-46)54-26-12-27-56-55-24-6-7-28-57(55)60-58(54)56/h1-39H. The lowest BCUT2D eigenvalue weighted by atomic mass is 9.97. The molecule has 10 aromatic carbocycles. The molecule has 1 heterocycles. The summed E-state index contributed by atoms with van der Waals surface area (Å²) in [5.41, 5.74) is 15.4. The van der Waals surface area contributed by atoms with Crippen molar-refractivity contribution in [3.05, 3.63) is 237 Å². The number of nitrogens with zero attached hydrogens (tertiary/aromatic N) is 1. The van der Waals surface area contributed by atoms with Crippen molar-refractivity contribution in [2.45, 2.75) is 0 Å². The van der Waals surface area contributed by atoms with Gasteiger partial charge in [-0.2, -0.15) is 0 Å². The van der Waals surface area contributed by atoms with Gasteiger partial charge in [0.05, 0.1) is 0 Å². The first-order valence-electron chi connectivity index (χ1n) is 20.5. The van der Waals surface area contributed by atoms with Crippen molar-refractivity contribution in [1.82, 2.24) is 0 Å². The van der Waals surface area contributed by atoms with E-state index in [0.717, 1.165) is 17.1 Å². The van der Waals surface area contributed by atoms with Crippen molar-refractivity contribution in [2.24, 2.45) is 0 Å². The monoisotopic (exact) mass is 781 g/mol. The molecule has 11 rings (SSSR count). The van der Waals surface area contributed by atoms with Gasteiger partial charge >= 0.3 is 0 Å². The lowest BCUT2D eigenvalue weighted by molar-refractivity contribution is 1.28. The number of anilines is 3. The van der Waals surface area contributed by atoms with Crippen LogP contribution in [0.2, 0.25) is 0 Å². The molecule has 1 aromatic heterocycles. The molecule has 2 heteroatoms. The Bertz CT molecular complexity index is 3300. The zero-order valence-electron chi connectivity index (χ0n) is 32.9. The highest BCUT2D eigenvalue weighted by molar-refractivity contribution is 7.26. The van der Waals surface area contributed by atoms with Crippen LogP contribution in [0.1, 0.15) is 0 Å². The number of hydrogen-bond donors (Lipinski definition) is 0. The van der Waals surface area contributed by atoms with Gasteiger partial charge in [0.15, 0.2) is 0 Å². The van der Waals surface area contributed by atoms with Crippen LogP contribution in [-0.4, -0.2) is 0 Å². The van der Waals surface area contributed by atoms with Crippen molar-refractivity contribution in [3.63, 3.8) is 0 Å². The molecule has 1 nitrogen and oxygen atoms in total. The van der Waals surface area contributed by atoms with Crippen LogP contribution in [0.15, 0.2) is 237 Å². The van der Waals surface area contributed by atoms with Crippen molar-refractivity contribution in [3.8, 4) is 55.6 Å². The fourth-order valence-corrected chi connectivity index (χ4v) is 9.93. The molecule has 0 saturated carbocycles. The molecule has 0 fully saturated rings. The molecule has 0 saturated heterocycles. The van der Waals surface area contributed by atoms with E-state index in [1.807, 2.05) is 11.3 Å².